The second-order valence-corrected chi connectivity index (χ2v) is 8.48. The highest BCUT2D eigenvalue weighted by Crippen LogP contribution is 2.33. The number of allylic oxidation sites excluding steroid dienone is 1. The molecule has 166 valence electrons. The molecule has 0 unspecified atom stereocenters. The number of hydrogen-bond acceptors (Lipinski definition) is 7. The summed E-state index contributed by atoms with van der Waals surface area (Å²) in [4.78, 5) is 20.9. The monoisotopic (exact) mass is 435 g/mol. The molecule has 2 N–H and O–H groups in total. The van der Waals surface area contributed by atoms with Crippen molar-refractivity contribution in [1.82, 2.24) is 24.8 Å². The van der Waals surface area contributed by atoms with Crippen LogP contribution in [0, 0.1) is 12.7 Å². The fourth-order valence-corrected chi connectivity index (χ4v) is 4.01. The SMILES string of the molecule is CC1=Cc2cc(Oc3nc(Nc4ncc(C)[nH]4)cc(N4CCN(C)CC4)n3)c(F)cc2C1. The van der Waals surface area contributed by atoms with Gasteiger partial charge >= 0.3 is 6.01 Å². The van der Waals surface area contributed by atoms with Crippen LogP contribution < -0.4 is 15.0 Å². The molecule has 9 heteroatoms. The van der Waals surface area contributed by atoms with Crippen LogP contribution in [0.15, 0.2) is 30.0 Å². The molecule has 0 atom stereocenters. The third-order valence-corrected chi connectivity index (χ3v) is 5.73. The molecule has 8 nitrogen and oxygen atoms in total. The summed E-state index contributed by atoms with van der Waals surface area (Å²) in [6, 6.07) is 5.20. The molecule has 3 aromatic rings. The summed E-state index contributed by atoms with van der Waals surface area (Å²) in [5.41, 5.74) is 4.07. The van der Waals surface area contributed by atoms with E-state index in [1.54, 1.807) is 12.3 Å². The standard InChI is InChI=1S/C23H26FN7O/c1-14-8-16-10-18(24)19(11-17(16)9-14)32-23-28-20(27-22-25-13-15(2)26-22)12-21(29-23)31-6-4-30(3)5-7-31/h9-13H,4-8H2,1-3H3,(H2,25,26,27,28,29). The lowest BCUT2D eigenvalue weighted by atomic mass is 10.1. The summed E-state index contributed by atoms with van der Waals surface area (Å²) < 4.78 is 20.6. The van der Waals surface area contributed by atoms with E-state index in [1.807, 2.05) is 19.9 Å². The number of H-pyrrole nitrogens is 1. The first-order chi connectivity index (χ1) is 15.4. The van der Waals surface area contributed by atoms with Gasteiger partial charge < -0.3 is 24.8 Å². The average molecular weight is 436 g/mol. The van der Waals surface area contributed by atoms with Crippen molar-refractivity contribution in [2.75, 3.05) is 43.4 Å². The molecule has 0 spiro atoms. The first-order valence-corrected chi connectivity index (χ1v) is 10.7. The molecule has 1 aliphatic heterocycles. The number of fused-ring (bicyclic) bond motifs is 1. The van der Waals surface area contributed by atoms with Gasteiger partial charge in [-0.15, -0.1) is 0 Å². The minimum Gasteiger partial charge on any atom is -0.421 e. The number of halogens is 1. The van der Waals surface area contributed by atoms with Gasteiger partial charge in [-0.25, -0.2) is 9.37 Å². The Morgan fingerprint density at radius 1 is 1.09 bits per heavy atom. The Bertz CT molecular complexity index is 1180. The Labute approximate surface area is 186 Å². The molecular weight excluding hydrogens is 409 g/mol. The van der Waals surface area contributed by atoms with Crippen LogP contribution in [0.3, 0.4) is 0 Å². The number of ether oxygens (including phenoxy) is 1. The minimum atomic E-state index is -0.420. The number of nitrogens with zero attached hydrogens (tertiary/aromatic N) is 5. The number of likely N-dealkylation sites (N-methyl/N-ethyl adjacent to an activating group) is 1. The van der Waals surface area contributed by atoms with Crippen molar-refractivity contribution in [3.05, 3.63) is 52.6 Å². The van der Waals surface area contributed by atoms with E-state index in [0.29, 0.717) is 11.8 Å². The zero-order chi connectivity index (χ0) is 22.2. The maximum Gasteiger partial charge on any atom is 0.326 e. The highest BCUT2D eigenvalue weighted by molar-refractivity contribution is 5.65. The second kappa shape index (κ2) is 8.23. The number of aryl methyl sites for hydroxylation is 1. The molecule has 1 aliphatic carbocycles. The molecule has 1 saturated heterocycles. The number of aromatic amines is 1. The quantitative estimate of drug-likeness (QED) is 0.629. The Kier molecular flexibility index (Phi) is 5.26. The zero-order valence-corrected chi connectivity index (χ0v) is 18.4. The minimum absolute atomic E-state index is 0.0877. The first-order valence-electron chi connectivity index (χ1n) is 10.7. The molecule has 0 amide bonds. The molecule has 3 heterocycles. The van der Waals surface area contributed by atoms with Crippen LogP contribution >= 0.6 is 0 Å². The topological polar surface area (TPSA) is 82.2 Å². The number of piperazine rings is 1. The van der Waals surface area contributed by atoms with E-state index in [0.717, 1.165) is 55.2 Å². The van der Waals surface area contributed by atoms with E-state index in [-0.39, 0.29) is 11.8 Å². The smallest absolute Gasteiger partial charge is 0.326 e. The van der Waals surface area contributed by atoms with Crippen molar-refractivity contribution in [2.45, 2.75) is 20.3 Å². The number of rotatable bonds is 5. The predicted octanol–water partition coefficient (Wildman–Crippen LogP) is 3.89. The van der Waals surface area contributed by atoms with Crippen LogP contribution in [-0.2, 0) is 6.42 Å². The van der Waals surface area contributed by atoms with E-state index in [1.165, 1.54) is 11.6 Å². The third-order valence-electron chi connectivity index (χ3n) is 5.73. The second-order valence-electron chi connectivity index (χ2n) is 8.48. The van der Waals surface area contributed by atoms with E-state index in [4.69, 9.17) is 4.74 Å². The number of benzene rings is 1. The summed E-state index contributed by atoms with van der Waals surface area (Å²) in [6.45, 7) is 7.51. The Hall–Kier alpha value is -3.46. The molecule has 32 heavy (non-hydrogen) atoms. The van der Waals surface area contributed by atoms with Crippen LogP contribution in [0.4, 0.5) is 22.0 Å². The molecule has 1 fully saturated rings. The maximum absolute atomic E-state index is 14.8. The van der Waals surface area contributed by atoms with Gasteiger partial charge in [0.1, 0.15) is 11.6 Å². The number of hydrogen-bond donors (Lipinski definition) is 2. The largest absolute Gasteiger partial charge is 0.421 e. The van der Waals surface area contributed by atoms with E-state index in [2.05, 4.69) is 48.2 Å². The summed E-state index contributed by atoms with van der Waals surface area (Å²) >= 11 is 0. The molecule has 0 bridgehead atoms. The maximum atomic E-state index is 14.8. The Balaban J connectivity index is 1.47. The molecule has 2 aliphatic rings. The van der Waals surface area contributed by atoms with Gasteiger partial charge in [-0.2, -0.15) is 9.97 Å². The van der Waals surface area contributed by atoms with E-state index >= 15 is 0 Å². The average Bonchev–Trinajstić information content (AvgIpc) is 3.32. The molecule has 0 saturated carbocycles. The molecule has 0 radical (unpaired) electrons. The number of imidazole rings is 1. The number of nitrogens with one attached hydrogen (secondary N) is 2. The highest BCUT2D eigenvalue weighted by atomic mass is 19.1. The van der Waals surface area contributed by atoms with Crippen molar-refractivity contribution in [3.8, 4) is 11.8 Å². The van der Waals surface area contributed by atoms with Gasteiger partial charge in [-0.3, -0.25) is 0 Å². The van der Waals surface area contributed by atoms with E-state index < -0.39 is 5.82 Å². The fraction of sp³-hybridized carbons (Fsp3) is 0.348. The van der Waals surface area contributed by atoms with Crippen molar-refractivity contribution >= 4 is 23.7 Å². The molecular formula is C23H26FN7O. The van der Waals surface area contributed by atoms with Crippen molar-refractivity contribution < 1.29 is 9.13 Å². The van der Waals surface area contributed by atoms with Crippen LogP contribution in [0.25, 0.3) is 6.08 Å². The Morgan fingerprint density at radius 2 is 1.91 bits per heavy atom. The van der Waals surface area contributed by atoms with Gasteiger partial charge in [0.25, 0.3) is 0 Å². The van der Waals surface area contributed by atoms with Gasteiger partial charge in [0.05, 0.1) is 0 Å². The van der Waals surface area contributed by atoms with Gasteiger partial charge in [0.2, 0.25) is 5.95 Å². The van der Waals surface area contributed by atoms with Crippen LogP contribution in [0.2, 0.25) is 0 Å². The van der Waals surface area contributed by atoms with Crippen LogP contribution in [-0.4, -0.2) is 58.1 Å². The third kappa shape index (κ3) is 4.29. The summed E-state index contributed by atoms with van der Waals surface area (Å²) in [6.07, 6.45) is 4.55. The zero-order valence-electron chi connectivity index (χ0n) is 18.4. The highest BCUT2D eigenvalue weighted by Gasteiger charge is 2.20. The van der Waals surface area contributed by atoms with Gasteiger partial charge in [0.15, 0.2) is 11.6 Å². The lowest BCUT2D eigenvalue weighted by Gasteiger charge is -2.33. The van der Waals surface area contributed by atoms with Crippen LogP contribution in [0.5, 0.6) is 11.8 Å². The van der Waals surface area contributed by atoms with E-state index in [9.17, 15) is 4.39 Å². The predicted molar refractivity (Wildman–Crippen MR) is 122 cm³/mol. The van der Waals surface area contributed by atoms with Crippen molar-refractivity contribution in [3.63, 3.8) is 0 Å². The first kappa shape index (κ1) is 20.4. The molecule has 2 aromatic heterocycles. The fourth-order valence-electron chi connectivity index (χ4n) is 4.01. The molecule has 5 rings (SSSR count). The number of anilines is 3. The van der Waals surface area contributed by atoms with Crippen molar-refractivity contribution in [1.29, 1.82) is 0 Å². The van der Waals surface area contributed by atoms with Crippen molar-refractivity contribution in [2.24, 2.45) is 0 Å². The number of aromatic nitrogens is 4. The van der Waals surface area contributed by atoms with Gasteiger partial charge in [0, 0.05) is 44.1 Å². The van der Waals surface area contributed by atoms with Crippen LogP contribution in [0.1, 0.15) is 23.7 Å². The van der Waals surface area contributed by atoms with Gasteiger partial charge in [-0.05, 0) is 50.6 Å². The summed E-state index contributed by atoms with van der Waals surface area (Å²) in [5.74, 6) is 1.52. The summed E-state index contributed by atoms with van der Waals surface area (Å²) in [7, 11) is 2.10. The summed E-state index contributed by atoms with van der Waals surface area (Å²) in [5, 5.41) is 3.16. The normalized spacial score (nSPS) is 16.1. The Morgan fingerprint density at radius 3 is 2.66 bits per heavy atom. The molecule has 1 aromatic carbocycles. The van der Waals surface area contributed by atoms with Gasteiger partial charge in [-0.1, -0.05) is 11.6 Å². The lowest BCUT2D eigenvalue weighted by Crippen LogP contribution is -2.44. The lowest BCUT2D eigenvalue weighted by molar-refractivity contribution is 0.311.